The molecule has 5 heteroatoms. The molecule has 3 rings (SSSR count). The van der Waals surface area contributed by atoms with Crippen LogP contribution in [0.4, 0.5) is 0 Å². The fourth-order valence-electron chi connectivity index (χ4n) is 4.06. The van der Waals surface area contributed by atoms with Gasteiger partial charge >= 0.3 is 11.9 Å². The molecule has 1 spiro atoms. The molecule has 2 saturated carbocycles. The highest BCUT2D eigenvalue weighted by Gasteiger charge is 2.62. The Bertz CT molecular complexity index is 447. The lowest BCUT2D eigenvalue weighted by molar-refractivity contribution is -0.157. The summed E-state index contributed by atoms with van der Waals surface area (Å²) in [5, 5.41) is 0. The van der Waals surface area contributed by atoms with E-state index in [1.807, 2.05) is 13.8 Å². The summed E-state index contributed by atoms with van der Waals surface area (Å²) in [7, 11) is 0. The lowest BCUT2D eigenvalue weighted by Gasteiger charge is -2.34. The Labute approximate surface area is 133 Å². The van der Waals surface area contributed by atoms with Gasteiger partial charge in [0.25, 0.3) is 0 Å². The number of carbonyl (C=O) groups is 2. The van der Waals surface area contributed by atoms with Crippen molar-refractivity contribution in [3.8, 4) is 0 Å². The van der Waals surface area contributed by atoms with Crippen LogP contribution < -0.4 is 0 Å². The maximum Gasteiger partial charge on any atom is 0.322 e. The van der Waals surface area contributed by atoms with Gasteiger partial charge < -0.3 is 9.47 Å². The van der Waals surface area contributed by atoms with Crippen LogP contribution in [0.15, 0.2) is 0 Å². The zero-order valence-electron chi connectivity index (χ0n) is 12.0. The number of hydrogen-bond acceptors (Lipinski definition) is 4. The van der Waals surface area contributed by atoms with Gasteiger partial charge in [-0.25, -0.2) is 0 Å². The quantitative estimate of drug-likeness (QED) is 0.421. The minimum absolute atomic E-state index is 0.00664. The van der Waals surface area contributed by atoms with Crippen molar-refractivity contribution in [2.24, 2.45) is 17.3 Å². The average molecular weight is 392 g/mol. The maximum atomic E-state index is 12.2. The van der Waals surface area contributed by atoms with E-state index in [4.69, 9.17) is 9.47 Å². The fraction of sp³-hybridized carbons (Fsp3) is 0.867. The average Bonchev–Trinajstić information content (AvgIpc) is 3.06. The zero-order chi connectivity index (χ0) is 14.5. The van der Waals surface area contributed by atoms with E-state index < -0.39 is 3.42 Å². The highest BCUT2D eigenvalue weighted by molar-refractivity contribution is 14.1. The summed E-state index contributed by atoms with van der Waals surface area (Å²) in [5.41, 5.74) is -0.244. The summed E-state index contributed by atoms with van der Waals surface area (Å²) in [6, 6.07) is 0. The second kappa shape index (κ2) is 4.85. The van der Waals surface area contributed by atoms with Crippen LogP contribution in [-0.2, 0) is 19.1 Å². The second-order valence-electron chi connectivity index (χ2n) is 6.67. The van der Waals surface area contributed by atoms with Crippen molar-refractivity contribution in [2.45, 2.75) is 55.5 Å². The van der Waals surface area contributed by atoms with Gasteiger partial charge in [-0.1, -0.05) is 29.5 Å². The summed E-state index contributed by atoms with van der Waals surface area (Å²) < 4.78 is 10.5. The van der Waals surface area contributed by atoms with Gasteiger partial charge in [-0.15, -0.1) is 0 Å². The number of fused-ring (bicyclic) bond motifs is 3. The Hall–Kier alpha value is -0.330. The van der Waals surface area contributed by atoms with Crippen molar-refractivity contribution in [1.29, 1.82) is 0 Å². The Morgan fingerprint density at radius 3 is 2.80 bits per heavy atom. The molecule has 4 nitrogen and oxygen atoms in total. The third-order valence-electron chi connectivity index (χ3n) is 5.57. The van der Waals surface area contributed by atoms with Crippen LogP contribution in [-0.4, -0.2) is 28.1 Å². The first-order valence-electron chi connectivity index (χ1n) is 7.46. The van der Waals surface area contributed by atoms with Gasteiger partial charge in [0.05, 0.1) is 12.0 Å². The van der Waals surface area contributed by atoms with Crippen LogP contribution in [0.1, 0.15) is 46.0 Å². The smallest absolute Gasteiger partial charge is 0.322 e. The van der Waals surface area contributed by atoms with Crippen LogP contribution in [0.3, 0.4) is 0 Å². The number of cyclic esters (lactones) is 1. The highest BCUT2D eigenvalue weighted by Crippen LogP contribution is 2.60. The van der Waals surface area contributed by atoms with Crippen molar-refractivity contribution in [2.75, 3.05) is 6.61 Å². The minimum Gasteiger partial charge on any atom is -0.465 e. The molecule has 2 bridgehead atoms. The monoisotopic (exact) mass is 392 g/mol. The number of halogens is 1. The first-order chi connectivity index (χ1) is 9.39. The van der Waals surface area contributed by atoms with Crippen LogP contribution in [0, 0.1) is 17.3 Å². The van der Waals surface area contributed by atoms with Gasteiger partial charge in [0, 0.05) is 0 Å². The molecule has 0 N–H and O–H groups in total. The van der Waals surface area contributed by atoms with Crippen LogP contribution in [0.5, 0.6) is 0 Å². The number of ether oxygens (including phenoxy) is 2. The number of esters is 2. The molecular weight excluding hydrogens is 371 g/mol. The summed E-state index contributed by atoms with van der Waals surface area (Å²) in [6.45, 7) is 4.48. The Kier molecular flexibility index (Phi) is 3.54. The molecule has 5 unspecified atom stereocenters. The van der Waals surface area contributed by atoms with Crippen molar-refractivity contribution in [3.63, 3.8) is 0 Å². The summed E-state index contributed by atoms with van der Waals surface area (Å²) in [4.78, 5) is 24.2. The summed E-state index contributed by atoms with van der Waals surface area (Å²) in [6.07, 6.45) is 4.32. The van der Waals surface area contributed by atoms with Crippen molar-refractivity contribution < 1.29 is 19.1 Å². The molecule has 0 amide bonds. The molecule has 112 valence electrons. The van der Waals surface area contributed by atoms with Crippen LogP contribution in [0.2, 0.25) is 0 Å². The fourth-order valence-corrected chi connectivity index (χ4v) is 4.19. The lowest BCUT2D eigenvalue weighted by atomic mass is 9.71. The van der Waals surface area contributed by atoms with Crippen molar-refractivity contribution in [1.82, 2.24) is 0 Å². The van der Waals surface area contributed by atoms with E-state index in [9.17, 15) is 9.59 Å². The Balaban J connectivity index is 1.65. The van der Waals surface area contributed by atoms with E-state index in [2.05, 4.69) is 22.6 Å². The molecule has 1 saturated heterocycles. The standard InChI is InChI=1S/C15H21IO4/c1-3-14(2,16)12(17)20-11-7-10-6-9(11)8-15(10)4-5-19-13(15)18/h9-11H,3-8H2,1-2H3. The molecule has 0 aromatic heterocycles. The molecular formula is C15H21IO4. The summed E-state index contributed by atoms with van der Waals surface area (Å²) in [5.74, 6) is 0.573. The molecule has 20 heavy (non-hydrogen) atoms. The summed E-state index contributed by atoms with van der Waals surface area (Å²) >= 11 is 2.17. The Morgan fingerprint density at radius 2 is 2.30 bits per heavy atom. The maximum absolute atomic E-state index is 12.2. The van der Waals surface area contributed by atoms with Gasteiger partial charge in [0.2, 0.25) is 0 Å². The van der Waals surface area contributed by atoms with E-state index in [0.717, 1.165) is 32.1 Å². The van der Waals surface area contributed by atoms with Crippen molar-refractivity contribution in [3.05, 3.63) is 0 Å². The highest BCUT2D eigenvalue weighted by atomic mass is 127. The first-order valence-corrected chi connectivity index (χ1v) is 8.54. The van der Waals surface area contributed by atoms with Gasteiger partial charge in [0.15, 0.2) is 0 Å². The van der Waals surface area contributed by atoms with Gasteiger partial charge in [-0.05, 0) is 50.9 Å². The van der Waals surface area contributed by atoms with Gasteiger partial charge in [0.1, 0.15) is 9.53 Å². The number of hydrogen-bond donors (Lipinski definition) is 0. The van der Waals surface area contributed by atoms with Crippen LogP contribution >= 0.6 is 22.6 Å². The zero-order valence-corrected chi connectivity index (χ0v) is 14.1. The van der Waals surface area contributed by atoms with E-state index in [1.165, 1.54) is 0 Å². The van der Waals surface area contributed by atoms with E-state index >= 15 is 0 Å². The third kappa shape index (κ3) is 2.07. The SMILES string of the molecule is CCC(C)(I)C(=O)OC1CC2CC1CC21CCOC1=O. The Morgan fingerprint density at radius 1 is 1.55 bits per heavy atom. The van der Waals surface area contributed by atoms with E-state index in [-0.39, 0.29) is 23.5 Å². The molecule has 0 aromatic carbocycles. The topological polar surface area (TPSA) is 52.6 Å². The molecule has 0 radical (unpaired) electrons. The third-order valence-corrected chi connectivity index (χ3v) is 6.78. The number of carbonyl (C=O) groups excluding carboxylic acids is 2. The van der Waals surface area contributed by atoms with E-state index in [0.29, 0.717) is 18.4 Å². The molecule has 3 aliphatic rings. The molecule has 3 fully saturated rings. The van der Waals surface area contributed by atoms with Gasteiger partial charge in [-0.3, -0.25) is 9.59 Å². The molecule has 0 aromatic rings. The minimum atomic E-state index is -0.441. The first kappa shape index (κ1) is 14.6. The lowest BCUT2D eigenvalue weighted by Crippen LogP contribution is -2.40. The number of alkyl halides is 1. The van der Waals surface area contributed by atoms with Gasteiger partial charge in [-0.2, -0.15) is 0 Å². The molecule has 2 aliphatic carbocycles. The van der Waals surface area contributed by atoms with Crippen molar-refractivity contribution >= 4 is 34.5 Å². The second-order valence-corrected chi connectivity index (χ2v) is 9.05. The number of rotatable bonds is 3. The molecule has 1 heterocycles. The molecule has 5 atom stereocenters. The molecule has 1 aliphatic heterocycles. The predicted octanol–water partition coefficient (Wildman–Crippen LogP) is 2.87. The normalized spacial score (nSPS) is 41.8. The van der Waals surface area contributed by atoms with E-state index in [1.54, 1.807) is 0 Å². The van der Waals surface area contributed by atoms with Crippen LogP contribution in [0.25, 0.3) is 0 Å². The largest absolute Gasteiger partial charge is 0.465 e. The predicted molar refractivity (Wildman–Crippen MR) is 81.4 cm³/mol.